The molecule has 2 aromatic rings. The predicted molar refractivity (Wildman–Crippen MR) is 83.1 cm³/mol. The second-order valence-corrected chi connectivity index (χ2v) is 5.85. The summed E-state index contributed by atoms with van der Waals surface area (Å²) < 4.78 is 0. The van der Waals surface area contributed by atoms with E-state index in [9.17, 15) is 4.79 Å². The Kier molecular flexibility index (Phi) is 4.74. The van der Waals surface area contributed by atoms with Gasteiger partial charge in [-0.1, -0.05) is 26.0 Å². The number of nitrogen functional groups attached to an aromatic ring is 1. The summed E-state index contributed by atoms with van der Waals surface area (Å²) in [6.45, 7) is 4.83. The topological polar surface area (TPSA) is 68.0 Å². The smallest absolute Gasteiger partial charge is 0.251 e. The van der Waals surface area contributed by atoms with Crippen molar-refractivity contribution in [2.45, 2.75) is 26.2 Å². The van der Waals surface area contributed by atoms with Crippen LogP contribution in [0.25, 0.3) is 0 Å². The maximum absolute atomic E-state index is 12.0. The molecule has 0 unspecified atom stereocenters. The van der Waals surface area contributed by atoms with Crippen LogP contribution in [-0.4, -0.2) is 17.4 Å². The van der Waals surface area contributed by atoms with Crippen LogP contribution in [0.15, 0.2) is 29.6 Å². The van der Waals surface area contributed by atoms with Gasteiger partial charge >= 0.3 is 0 Å². The first-order valence-corrected chi connectivity index (χ1v) is 7.52. The van der Waals surface area contributed by atoms with Crippen LogP contribution in [0.3, 0.4) is 0 Å². The molecule has 2 rings (SSSR count). The maximum atomic E-state index is 12.0. The van der Waals surface area contributed by atoms with Gasteiger partial charge in [-0.3, -0.25) is 4.79 Å². The normalized spacial score (nSPS) is 10.8. The monoisotopic (exact) mass is 289 g/mol. The largest absolute Gasteiger partial charge is 0.375 e. The molecular weight excluding hydrogens is 270 g/mol. The molecule has 1 aromatic carbocycles. The van der Waals surface area contributed by atoms with Crippen molar-refractivity contribution in [3.8, 4) is 0 Å². The fourth-order valence-electron chi connectivity index (χ4n) is 1.86. The molecule has 3 N–H and O–H groups in total. The van der Waals surface area contributed by atoms with Crippen molar-refractivity contribution in [1.82, 2.24) is 10.3 Å². The highest BCUT2D eigenvalue weighted by Gasteiger charge is 2.06. The number of hydrogen-bond acceptors (Lipinski definition) is 4. The summed E-state index contributed by atoms with van der Waals surface area (Å²) in [7, 11) is 0. The van der Waals surface area contributed by atoms with Gasteiger partial charge in [0.1, 0.15) is 0 Å². The number of amides is 1. The molecule has 0 bridgehead atoms. The molecule has 0 aliphatic carbocycles. The summed E-state index contributed by atoms with van der Waals surface area (Å²) in [6.07, 6.45) is 0.698. The molecule has 20 heavy (non-hydrogen) atoms. The van der Waals surface area contributed by atoms with Crippen LogP contribution in [0, 0.1) is 0 Å². The first-order valence-electron chi connectivity index (χ1n) is 6.64. The Morgan fingerprint density at radius 3 is 2.60 bits per heavy atom. The average molecular weight is 289 g/mol. The average Bonchev–Trinajstić information content (AvgIpc) is 2.84. The quantitative estimate of drug-likeness (QED) is 0.889. The van der Waals surface area contributed by atoms with E-state index in [0.29, 0.717) is 29.6 Å². The van der Waals surface area contributed by atoms with Gasteiger partial charge in [-0.05, 0) is 23.6 Å². The molecule has 0 spiro atoms. The number of hydrogen-bond donors (Lipinski definition) is 2. The minimum atomic E-state index is -0.0523. The minimum absolute atomic E-state index is 0.0523. The van der Waals surface area contributed by atoms with Gasteiger partial charge in [0.25, 0.3) is 5.91 Å². The summed E-state index contributed by atoms with van der Waals surface area (Å²) in [5, 5.41) is 5.37. The molecule has 4 nitrogen and oxygen atoms in total. The number of aromatic nitrogens is 1. The van der Waals surface area contributed by atoms with Gasteiger partial charge in [0.05, 0.1) is 5.69 Å². The second kappa shape index (κ2) is 6.52. The van der Waals surface area contributed by atoms with Crippen molar-refractivity contribution in [1.29, 1.82) is 0 Å². The Bertz CT molecular complexity index is 575. The van der Waals surface area contributed by atoms with Crippen LogP contribution < -0.4 is 11.1 Å². The van der Waals surface area contributed by atoms with Gasteiger partial charge in [0, 0.05) is 23.9 Å². The van der Waals surface area contributed by atoms with E-state index in [2.05, 4.69) is 24.1 Å². The van der Waals surface area contributed by atoms with E-state index in [1.807, 2.05) is 29.6 Å². The summed E-state index contributed by atoms with van der Waals surface area (Å²) >= 11 is 1.42. The van der Waals surface area contributed by atoms with Crippen LogP contribution in [0.2, 0.25) is 0 Å². The zero-order valence-electron chi connectivity index (χ0n) is 11.7. The fourth-order valence-corrected chi connectivity index (χ4v) is 2.46. The van der Waals surface area contributed by atoms with Crippen LogP contribution in [0.4, 0.5) is 5.13 Å². The van der Waals surface area contributed by atoms with Gasteiger partial charge in [0.2, 0.25) is 0 Å². The second-order valence-electron chi connectivity index (χ2n) is 4.96. The highest BCUT2D eigenvalue weighted by Crippen LogP contribution is 2.14. The Morgan fingerprint density at radius 2 is 2.05 bits per heavy atom. The molecule has 0 saturated heterocycles. The number of thiazole rings is 1. The Labute approximate surface area is 123 Å². The molecule has 0 atom stereocenters. The lowest BCUT2D eigenvalue weighted by Crippen LogP contribution is -2.25. The summed E-state index contributed by atoms with van der Waals surface area (Å²) in [5.74, 6) is 0.422. The van der Waals surface area contributed by atoms with Gasteiger partial charge in [0.15, 0.2) is 5.13 Å². The molecule has 1 amide bonds. The first kappa shape index (κ1) is 14.5. The number of rotatable bonds is 5. The molecule has 0 radical (unpaired) electrons. The van der Waals surface area contributed by atoms with Crippen molar-refractivity contribution in [2.75, 3.05) is 12.3 Å². The van der Waals surface area contributed by atoms with Crippen LogP contribution in [0.5, 0.6) is 0 Å². The standard InChI is InChI=1S/C15H19N3OS/c1-10(2)11-3-5-12(6-4-11)14(19)17-8-7-13-9-20-15(16)18-13/h3-6,9-10H,7-8H2,1-2H3,(H2,16,18)(H,17,19). The van der Waals surface area contributed by atoms with E-state index in [0.717, 1.165) is 5.69 Å². The predicted octanol–water partition coefficient (Wildman–Crippen LogP) is 2.82. The van der Waals surface area contributed by atoms with Crippen molar-refractivity contribution < 1.29 is 4.79 Å². The number of anilines is 1. The third-order valence-electron chi connectivity index (χ3n) is 3.08. The Hall–Kier alpha value is -1.88. The molecular formula is C15H19N3OS. The molecule has 0 fully saturated rings. The summed E-state index contributed by atoms with van der Waals surface area (Å²) in [6, 6.07) is 7.73. The van der Waals surface area contributed by atoms with E-state index in [4.69, 9.17) is 5.73 Å². The molecule has 0 aliphatic heterocycles. The molecule has 1 aromatic heterocycles. The third kappa shape index (κ3) is 3.81. The summed E-state index contributed by atoms with van der Waals surface area (Å²) in [4.78, 5) is 16.1. The van der Waals surface area contributed by atoms with E-state index >= 15 is 0 Å². The van der Waals surface area contributed by atoms with E-state index in [1.54, 1.807) is 0 Å². The van der Waals surface area contributed by atoms with Gasteiger partial charge < -0.3 is 11.1 Å². The van der Waals surface area contributed by atoms with Crippen LogP contribution in [0.1, 0.15) is 41.4 Å². The van der Waals surface area contributed by atoms with Crippen LogP contribution >= 0.6 is 11.3 Å². The lowest BCUT2D eigenvalue weighted by Gasteiger charge is -2.07. The third-order valence-corrected chi connectivity index (χ3v) is 3.80. The van der Waals surface area contributed by atoms with Gasteiger partial charge in [-0.15, -0.1) is 11.3 Å². The zero-order chi connectivity index (χ0) is 14.5. The SMILES string of the molecule is CC(C)c1ccc(C(=O)NCCc2csc(N)n2)cc1. The number of carbonyl (C=O) groups is 1. The Morgan fingerprint density at radius 1 is 1.35 bits per heavy atom. The molecule has 0 saturated carbocycles. The lowest BCUT2D eigenvalue weighted by atomic mass is 10.0. The minimum Gasteiger partial charge on any atom is -0.375 e. The van der Waals surface area contributed by atoms with E-state index < -0.39 is 0 Å². The van der Waals surface area contributed by atoms with Gasteiger partial charge in [-0.2, -0.15) is 0 Å². The van der Waals surface area contributed by atoms with Crippen molar-refractivity contribution in [3.63, 3.8) is 0 Å². The Balaban J connectivity index is 1.85. The lowest BCUT2D eigenvalue weighted by molar-refractivity contribution is 0.0954. The number of nitrogens with two attached hydrogens (primary N) is 1. The van der Waals surface area contributed by atoms with E-state index in [-0.39, 0.29) is 5.91 Å². The number of benzene rings is 1. The zero-order valence-corrected chi connectivity index (χ0v) is 12.5. The van der Waals surface area contributed by atoms with Gasteiger partial charge in [-0.25, -0.2) is 4.98 Å². The molecule has 1 heterocycles. The summed E-state index contributed by atoms with van der Waals surface area (Å²) in [5.41, 5.74) is 8.40. The van der Waals surface area contributed by atoms with Crippen LogP contribution in [-0.2, 0) is 6.42 Å². The first-order chi connectivity index (χ1) is 9.56. The molecule has 5 heteroatoms. The molecule has 106 valence electrons. The maximum Gasteiger partial charge on any atom is 0.251 e. The molecule has 0 aliphatic rings. The number of carbonyl (C=O) groups excluding carboxylic acids is 1. The number of nitrogens with one attached hydrogen (secondary N) is 1. The van der Waals surface area contributed by atoms with E-state index in [1.165, 1.54) is 16.9 Å². The fraction of sp³-hybridized carbons (Fsp3) is 0.333. The number of nitrogens with zero attached hydrogens (tertiary/aromatic N) is 1. The van der Waals surface area contributed by atoms with Crippen molar-refractivity contribution >= 4 is 22.4 Å². The van der Waals surface area contributed by atoms with Crippen molar-refractivity contribution in [2.24, 2.45) is 0 Å². The van der Waals surface area contributed by atoms with Crippen molar-refractivity contribution in [3.05, 3.63) is 46.5 Å². The highest BCUT2D eigenvalue weighted by atomic mass is 32.1. The highest BCUT2D eigenvalue weighted by molar-refractivity contribution is 7.13.